The summed E-state index contributed by atoms with van der Waals surface area (Å²) in [5.41, 5.74) is 12.1. The van der Waals surface area contributed by atoms with Crippen molar-refractivity contribution < 1.29 is 4.42 Å². The van der Waals surface area contributed by atoms with Crippen molar-refractivity contribution in [2.75, 3.05) is 4.90 Å². The van der Waals surface area contributed by atoms with E-state index in [9.17, 15) is 0 Å². The van der Waals surface area contributed by atoms with E-state index in [4.69, 9.17) is 4.42 Å². The van der Waals surface area contributed by atoms with Crippen LogP contribution in [0.2, 0.25) is 0 Å². The lowest BCUT2D eigenvalue weighted by molar-refractivity contribution is 0.669. The van der Waals surface area contributed by atoms with E-state index in [-0.39, 0.29) is 0 Å². The number of para-hydroxylation sites is 2. The number of hydrogen-bond donors (Lipinski definition) is 0. The molecule has 0 aliphatic heterocycles. The highest BCUT2D eigenvalue weighted by molar-refractivity contribution is 6.14. The van der Waals surface area contributed by atoms with Gasteiger partial charge in [0.05, 0.1) is 16.8 Å². The second kappa shape index (κ2) is 12.5. The second-order valence-corrected chi connectivity index (χ2v) is 13.4. The molecule has 0 fully saturated rings. The normalized spacial score (nSPS) is 11.5. The Balaban J connectivity index is 1.11. The van der Waals surface area contributed by atoms with Gasteiger partial charge in [-0.3, -0.25) is 0 Å². The van der Waals surface area contributed by atoms with E-state index >= 15 is 0 Å². The zero-order valence-corrected chi connectivity index (χ0v) is 28.4. The maximum absolute atomic E-state index is 6.39. The molecule has 0 aliphatic rings. The average Bonchev–Trinajstić information content (AvgIpc) is 3.61. The summed E-state index contributed by atoms with van der Waals surface area (Å²) in [5, 5.41) is 7.16. The van der Waals surface area contributed by atoms with Crippen LogP contribution in [0.5, 0.6) is 0 Å². The first-order chi connectivity index (χ1) is 25.8. The van der Waals surface area contributed by atoms with Gasteiger partial charge in [0.1, 0.15) is 11.2 Å². The molecule has 1 aromatic heterocycles. The highest BCUT2D eigenvalue weighted by Gasteiger charge is 2.22. The van der Waals surface area contributed by atoms with Crippen LogP contribution in [0.15, 0.2) is 205 Å². The maximum atomic E-state index is 6.39. The van der Waals surface area contributed by atoms with Crippen LogP contribution >= 0.6 is 0 Å². The molecule has 0 unspecified atom stereocenters. The summed E-state index contributed by atoms with van der Waals surface area (Å²) in [4.78, 5) is 2.40. The summed E-state index contributed by atoms with van der Waals surface area (Å²) in [6, 6.07) is 71.8. The summed E-state index contributed by atoms with van der Waals surface area (Å²) in [6.45, 7) is 0. The van der Waals surface area contributed by atoms with Crippen molar-refractivity contribution in [3.8, 4) is 33.4 Å². The Bertz CT molecular complexity index is 2920. The Morgan fingerprint density at radius 2 is 0.865 bits per heavy atom. The van der Waals surface area contributed by atoms with Gasteiger partial charge in [0, 0.05) is 16.6 Å². The first kappa shape index (κ1) is 30.0. The predicted molar refractivity (Wildman–Crippen MR) is 220 cm³/mol. The number of furan rings is 1. The van der Waals surface area contributed by atoms with Crippen LogP contribution in [-0.2, 0) is 0 Å². The van der Waals surface area contributed by atoms with Gasteiger partial charge in [0.25, 0.3) is 0 Å². The number of fused-ring (bicyclic) bond motifs is 5. The third-order valence-electron chi connectivity index (χ3n) is 10.2. The van der Waals surface area contributed by atoms with Crippen molar-refractivity contribution in [2.24, 2.45) is 0 Å². The van der Waals surface area contributed by atoms with Crippen LogP contribution in [0.3, 0.4) is 0 Å². The fourth-order valence-corrected chi connectivity index (χ4v) is 7.68. The zero-order valence-electron chi connectivity index (χ0n) is 28.4. The average molecular weight is 664 g/mol. The molecule has 0 saturated carbocycles. The quantitative estimate of drug-likeness (QED) is 0.176. The number of hydrogen-bond acceptors (Lipinski definition) is 2. The van der Waals surface area contributed by atoms with E-state index in [1.54, 1.807) is 0 Å². The Morgan fingerprint density at radius 3 is 1.65 bits per heavy atom. The molecule has 0 atom stereocenters. The minimum atomic E-state index is 0.870. The van der Waals surface area contributed by atoms with Gasteiger partial charge in [-0.2, -0.15) is 0 Å². The van der Waals surface area contributed by atoms with Crippen LogP contribution in [0.1, 0.15) is 0 Å². The molecule has 0 saturated heterocycles. The monoisotopic (exact) mass is 663 g/mol. The third-order valence-corrected chi connectivity index (χ3v) is 10.2. The van der Waals surface area contributed by atoms with E-state index in [1.165, 1.54) is 43.8 Å². The van der Waals surface area contributed by atoms with Gasteiger partial charge in [0.15, 0.2) is 0 Å². The van der Waals surface area contributed by atoms with Gasteiger partial charge in [-0.25, -0.2) is 0 Å². The van der Waals surface area contributed by atoms with Crippen LogP contribution < -0.4 is 4.90 Å². The fraction of sp³-hybridized carbons (Fsp3) is 0. The van der Waals surface area contributed by atoms with Crippen LogP contribution in [0.4, 0.5) is 17.1 Å². The molecule has 0 radical (unpaired) electrons. The van der Waals surface area contributed by atoms with Crippen LogP contribution in [-0.4, -0.2) is 0 Å². The molecular weight excluding hydrogens is 631 g/mol. The molecule has 0 N–H and O–H groups in total. The van der Waals surface area contributed by atoms with E-state index in [0.29, 0.717) is 0 Å². The van der Waals surface area contributed by atoms with Crippen molar-refractivity contribution in [3.63, 3.8) is 0 Å². The molecule has 1 heterocycles. The molecule has 0 spiro atoms. The molecule has 52 heavy (non-hydrogen) atoms. The smallest absolute Gasteiger partial charge is 0.137 e. The number of rotatable bonds is 6. The van der Waals surface area contributed by atoms with Gasteiger partial charge in [-0.15, -0.1) is 0 Å². The third kappa shape index (κ3) is 5.21. The largest absolute Gasteiger partial charge is 0.456 e. The molecule has 10 aromatic rings. The van der Waals surface area contributed by atoms with E-state index in [1.807, 2.05) is 12.1 Å². The minimum absolute atomic E-state index is 0.870. The lowest BCUT2D eigenvalue weighted by atomic mass is 9.96. The highest BCUT2D eigenvalue weighted by atomic mass is 16.3. The van der Waals surface area contributed by atoms with Gasteiger partial charge in [-0.1, -0.05) is 146 Å². The van der Waals surface area contributed by atoms with Crippen molar-refractivity contribution in [3.05, 3.63) is 200 Å². The molecule has 2 heteroatoms. The Morgan fingerprint density at radius 1 is 0.327 bits per heavy atom. The van der Waals surface area contributed by atoms with E-state index < -0.39 is 0 Å². The van der Waals surface area contributed by atoms with E-state index in [2.05, 4.69) is 193 Å². The summed E-state index contributed by atoms with van der Waals surface area (Å²) in [6.07, 6.45) is 0. The molecule has 10 rings (SSSR count). The Hall–Kier alpha value is -6.90. The molecule has 244 valence electrons. The lowest BCUT2D eigenvalue weighted by Gasteiger charge is -2.29. The number of nitrogens with zero attached hydrogens (tertiary/aromatic N) is 1. The molecular formula is C50H33NO. The summed E-state index contributed by atoms with van der Waals surface area (Å²) >= 11 is 0. The summed E-state index contributed by atoms with van der Waals surface area (Å²) in [7, 11) is 0. The minimum Gasteiger partial charge on any atom is -0.456 e. The van der Waals surface area contributed by atoms with Gasteiger partial charge in [-0.05, 0) is 104 Å². The molecule has 0 aliphatic carbocycles. The number of benzene rings is 9. The van der Waals surface area contributed by atoms with Gasteiger partial charge >= 0.3 is 0 Å². The highest BCUT2D eigenvalue weighted by Crippen LogP contribution is 2.46. The maximum Gasteiger partial charge on any atom is 0.137 e. The molecule has 9 aromatic carbocycles. The SMILES string of the molecule is c1ccc(-c2ccccc2N(c2cccc(-c3ccc4cc(-c5ccc6ccccc6c5)ccc4c3)c2)c2cccc3oc4ccccc4c23)cc1. The number of anilines is 3. The first-order valence-electron chi connectivity index (χ1n) is 17.8. The second-order valence-electron chi connectivity index (χ2n) is 13.4. The van der Waals surface area contributed by atoms with Crippen molar-refractivity contribution in [2.45, 2.75) is 0 Å². The summed E-state index contributed by atoms with van der Waals surface area (Å²) < 4.78 is 6.39. The topological polar surface area (TPSA) is 16.4 Å². The Labute approximate surface area is 302 Å². The summed E-state index contributed by atoms with van der Waals surface area (Å²) in [5.74, 6) is 0. The standard InChI is InChI=1S/C50H33NO/c1-2-13-35(14-3-1)44-18-6-8-20-46(44)51(47-21-11-23-49-50(47)45-19-7-9-22-48(45)52-49)43-17-10-16-37(33-43)38-26-27-42-32-41(29-28-40(42)31-38)39-25-24-34-12-4-5-15-36(34)30-39/h1-33H. The van der Waals surface area contributed by atoms with Crippen molar-refractivity contribution in [1.29, 1.82) is 0 Å². The van der Waals surface area contributed by atoms with Crippen molar-refractivity contribution >= 4 is 60.5 Å². The predicted octanol–water partition coefficient (Wildman–Crippen LogP) is 14.4. The molecule has 0 bridgehead atoms. The fourth-order valence-electron chi connectivity index (χ4n) is 7.68. The lowest BCUT2D eigenvalue weighted by Crippen LogP contribution is -2.11. The zero-order chi connectivity index (χ0) is 34.4. The van der Waals surface area contributed by atoms with Gasteiger partial charge < -0.3 is 9.32 Å². The van der Waals surface area contributed by atoms with Gasteiger partial charge in [0.2, 0.25) is 0 Å². The molecule has 2 nitrogen and oxygen atoms in total. The molecule has 0 amide bonds. The first-order valence-corrected chi connectivity index (χ1v) is 17.8. The Kier molecular flexibility index (Phi) is 7.18. The van der Waals surface area contributed by atoms with Crippen LogP contribution in [0.25, 0.3) is 76.9 Å². The van der Waals surface area contributed by atoms with Crippen LogP contribution in [0, 0.1) is 0 Å². The van der Waals surface area contributed by atoms with Crippen molar-refractivity contribution in [1.82, 2.24) is 0 Å². The van der Waals surface area contributed by atoms with E-state index in [0.717, 1.165) is 50.1 Å².